The van der Waals surface area contributed by atoms with Gasteiger partial charge in [-0.3, -0.25) is 9.59 Å². The van der Waals surface area contributed by atoms with E-state index in [1.165, 1.54) is 0 Å². The van der Waals surface area contributed by atoms with Gasteiger partial charge in [-0.2, -0.15) is 0 Å². The molecule has 0 N–H and O–H groups in total. The van der Waals surface area contributed by atoms with E-state index in [0.29, 0.717) is 52.1 Å². The Labute approximate surface area is 210 Å². The van der Waals surface area contributed by atoms with Gasteiger partial charge in [0, 0.05) is 11.6 Å². The molecule has 0 radical (unpaired) electrons. The van der Waals surface area contributed by atoms with E-state index in [1.54, 1.807) is 30.2 Å². The first kappa shape index (κ1) is 25.1. The Hall–Kier alpha value is -3.03. The van der Waals surface area contributed by atoms with Crippen molar-refractivity contribution in [1.82, 2.24) is 9.80 Å². The van der Waals surface area contributed by atoms with Crippen LogP contribution in [0.1, 0.15) is 48.0 Å². The molecular formula is C27H31ClN2O5. The summed E-state index contributed by atoms with van der Waals surface area (Å²) in [5.74, 6) is 1.31. The number of carbonyl (C=O) groups excluding carboxylic acids is 1. The molecule has 35 heavy (non-hydrogen) atoms. The van der Waals surface area contributed by atoms with Crippen LogP contribution in [0, 0.1) is 5.92 Å². The zero-order chi connectivity index (χ0) is 25.3. The first-order valence-corrected chi connectivity index (χ1v) is 12.1. The molecule has 7 nitrogen and oxygen atoms in total. The van der Waals surface area contributed by atoms with Gasteiger partial charge in [-0.05, 0) is 68.9 Å². The van der Waals surface area contributed by atoms with Crippen LogP contribution in [-0.4, -0.2) is 56.6 Å². The Bertz CT molecular complexity index is 1300. The number of carbonyl (C=O) groups is 1. The van der Waals surface area contributed by atoms with Crippen LogP contribution in [0.25, 0.3) is 11.0 Å². The number of nitrogens with zero attached hydrogens (tertiary/aromatic N) is 2. The maximum absolute atomic E-state index is 13.7. The summed E-state index contributed by atoms with van der Waals surface area (Å²) in [6.07, 6.45) is 0.746. The van der Waals surface area contributed by atoms with Crippen LogP contribution in [-0.2, 0) is 0 Å². The largest absolute Gasteiger partial charge is 0.493 e. The topological polar surface area (TPSA) is 72.2 Å². The summed E-state index contributed by atoms with van der Waals surface area (Å²) in [7, 11) is 5.55. The molecule has 1 unspecified atom stereocenters. The third-order valence-corrected chi connectivity index (χ3v) is 6.24. The number of halogens is 1. The summed E-state index contributed by atoms with van der Waals surface area (Å²) in [6.45, 7) is 5.97. The van der Waals surface area contributed by atoms with E-state index in [4.69, 9.17) is 25.5 Å². The van der Waals surface area contributed by atoms with Crippen molar-refractivity contribution in [3.63, 3.8) is 0 Å². The van der Waals surface area contributed by atoms with Gasteiger partial charge in [-0.1, -0.05) is 31.5 Å². The first-order chi connectivity index (χ1) is 16.7. The quantitative estimate of drug-likeness (QED) is 0.414. The molecule has 1 amide bonds. The summed E-state index contributed by atoms with van der Waals surface area (Å²) in [6, 6.07) is 9.80. The number of fused-ring (bicyclic) bond motifs is 2. The smallest absolute Gasteiger partial charge is 0.290 e. The minimum atomic E-state index is -0.604. The van der Waals surface area contributed by atoms with E-state index >= 15 is 0 Å². The van der Waals surface area contributed by atoms with Crippen LogP contribution in [0.15, 0.2) is 45.6 Å². The molecule has 0 saturated carbocycles. The molecule has 4 rings (SSSR count). The summed E-state index contributed by atoms with van der Waals surface area (Å²) in [4.78, 5) is 31.0. The van der Waals surface area contributed by atoms with Crippen LogP contribution in [0.4, 0.5) is 0 Å². The van der Waals surface area contributed by atoms with Crippen molar-refractivity contribution in [3.8, 4) is 11.5 Å². The average Bonchev–Trinajstić information content (AvgIpc) is 3.09. The Balaban J connectivity index is 1.84. The predicted molar refractivity (Wildman–Crippen MR) is 137 cm³/mol. The van der Waals surface area contributed by atoms with Gasteiger partial charge >= 0.3 is 0 Å². The second-order valence-electron chi connectivity index (χ2n) is 9.49. The third kappa shape index (κ3) is 5.02. The monoisotopic (exact) mass is 498 g/mol. The van der Waals surface area contributed by atoms with E-state index in [0.717, 1.165) is 18.5 Å². The minimum absolute atomic E-state index is 0.0822. The molecule has 0 fully saturated rings. The Kier molecular flexibility index (Phi) is 7.38. The zero-order valence-corrected chi connectivity index (χ0v) is 21.5. The molecule has 0 bridgehead atoms. The molecule has 0 aliphatic carbocycles. The lowest BCUT2D eigenvalue weighted by Crippen LogP contribution is -2.32. The fourth-order valence-electron chi connectivity index (χ4n) is 4.36. The lowest BCUT2D eigenvalue weighted by molar-refractivity contribution is 0.0722. The van der Waals surface area contributed by atoms with Gasteiger partial charge in [0.15, 0.2) is 16.9 Å². The fourth-order valence-corrected chi connectivity index (χ4v) is 4.53. The van der Waals surface area contributed by atoms with Crippen molar-refractivity contribution in [2.24, 2.45) is 5.92 Å². The molecule has 0 spiro atoms. The van der Waals surface area contributed by atoms with Gasteiger partial charge in [-0.25, -0.2) is 0 Å². The van der Waals surface area contributed by atoms with Gasteiger partial charge in [0.05, 0.1) is 30.7 Å². The SMILES string of the molecule is COc1cc(C2c3c(oc4ccc(Cl)cc4c3=O)C(=O)N2CCCN(C)C)ccc1OCC(C)C. The van der Waals surface area contributed by atoms with Gasteiger partial charge in [0.25, 0.3) is 5.91 Å². The molecule has 0 saturated heterocycles. The van der Waals surface area contributed by atoms with Crippen molar-refractivity contribution >= 4 is 28.5 Å². The molecule has 3 aromatic rings. The second kappa shape index (κ2) is 10.3. The third-order valence-electron chi connectivity index (χ3n) is 6.01. The number of hydrogen-bond donors (Lipinski definition) is 0. The maximum atomic E-state index is 13.7. The number of rotatable bonds is 9. The van der Waals surface area contributed by atoms with E-state index in [2.05, 4.69) is 18.7 Å². The molecule has 1 aliphatic rings. The average molecular weight is 499 g/mol. The van der Waals surface area contributed by atoms with E-state index in [9.17, 15) is 9.59 Å². The highest BCUT2D eigenvalue weighted by atomic mass is 35.5. The van der Waals surface area contributed by atoms with E-state index in [1.807, 2.05) is 32.3 Å². The van der Waals surface area contributed by atoms with Gasteiger partial charge in [0.2, 0.25) is 5.76 Å². The highest BCUT2D eigenvalue weighted by Gasteiger charge is 2.42. The van der Waals surface area contributed by atoms with Crippen LogP contribution in [0.5, 0.6) is 11.5 Å². The van der Waals surface area contributed by atoms with Gasteiger partial charge < -0.3 is 23.7 Å². The van der Waals surface area contributed by atoms with Crippen LogP contribution in [0.3, 0.4) is 0 Å². The van der Waals surface area contributed by atoms with Crippen molar-refractivity contribution in [1.29, 1.82) is 0 Å². The Morgan fingerprint density at radius 2 is 1.89 bits per heavy atom. The first-order valence-electron chi connectivity index (χ1n) is 11.7. The lowest BCUT2D eigenvalue weighted by Gasteiger charge is -2.26. The number of ether oxygens (including phenoxy) is 2. The number of benzene rings is 2. The Morgan fingerprint density at radius 1 is 1.11 bits per heavy atom. The van der Waals surface area contributed by atoms with Crippen molar-refractivity contribution < 1.29 is 18.7 Å². The lowest BCUT2D eigenvalue weighted by atomic mass is 9.98. The zero-order valence-electron chi connectivity index (χ0n) is 20.8. The fraction of sp³-hybridized carbons (Fsp3) is 0.407. The summed E-state index contributed by atoms with van der Waals surface area (Å²) in [5, 5.41) is 0.787. The molecule has 1 aliphatic heterocycles. The maximum Gasteiger partial charge on any atom is 0.290 e. The van der Waals surface area contributed by atoms with Crippen LogP contribution < -0.4 is 14.9 Å². The molecule has 186 valence electrons. The van der Waals surface area contributed by atoms with Crippen LogP contribution in [0.2, 0.25) is 5.02 Å². The van der Waals surface area contributed by atoms with Gasteiger partial charge in [0.1, 0.15) is 5.58 Å². The molecule has 1 atom stereocenters. The molecular weight excluding hydrogens is 468 g/mol. The number of hydrogen-bond acceptors (Lipinski definition) is 6. The molecule has 2 aromatic carbocycles. The van der Waals surface area contributed by atoms with E-state index < -0.39 is 6.04 Å². The summed E-state index contributed by atoms with van der Waals surface area (Å²) in [5.41, 5.74) is 1.17. The summed E-state index contributed by atoms with van der Waals surface area (Å²) >= 11 is 6.17. The van der Waals surface area contributed by atoms with Crippen molar-refractivity contribution in [2.75, 3.05) is 40.9 Å². The minimum Gasteiger partial charge on any atom is -0.493 e. The highest BCUT2D eigenvalue weighted by molar-refractivity contribution is 6.31. The predicted octanol–water partition coefficient (Wildman–Crippen LogP) is 4.99. The summed E-state index contributed by atoms with van der Waals surface area (Å²) < 4.78 is 17.5. The highest BCUT2D eigenvalue weighted by Crippen LogP contribution is 2.41. The number of amides is 1. The van der Waals surface area contributed by atoms with Crippen molar-refractivity contribution in [2.45, 2.75) is 26.3 Å². The second-order valence-corrected chi connectivity index (χ2v) is 9.92. The normalized spacial score (nSPS) is 15.4. The molecule has 1 aromatic heterocycles. The van der Waals surface area contributed by atoms with Gasteiger partial charge in [-0.15, -0.1) is 0 Å². The standard InChI is InChI=1S/C27H31ClN2O5/c1-16(2)15-34-21-9-7-17(13-22(21)33-5)24-23-25(31)19-14-18(28)8-10-20(19)35-26(23)27(32)30(24)12-6-11-29(3)4/h7-10,13-14,16,24H,6,11-12,15H2,1-5H3. The van der Waals surface area contributed by atoms with Crippen molar-refractivity contribution in [3.05, 3.63) is 68.5 Å². The molecule has 8 heteroatoms. The molecule has 2 heterocycles. The van der Waals surface area contributed by atoms with E-state index in [-0.39, 0.29) is 17.1 Å². The Morgan fingerprint density at radius 3 is 2.57 bits per heavy atom. The van der Waals surface area contributed by atoms with Crippen LogP contribution >= 0.6 is 11.6 Å². The number of methoxy groups -OCH3 is 1.